The molecule has 0 saturated heterocycles. The molecule has 0 spiro atoms. The molecule has 3 rings (SSSR count). The van der Waals surface area contributed by atoms with E-state index in [0.717, 1.165) is 15.9 Å². The van der Waals surface area contributed by atoms with Gasteiger partial charge in [0, 0.05) is 37.2 Å². The summed E-state index contributed by atoms with van der Waals surface area (Å²) < 4.78 is 35.9. The van der Waals surface area contributed by atoms with Crippen molar-refractivity contribution in [2.45, 2.75) is 0 Å². The summed E-state index contributed by atoms with van der Waals surface area (Å²) in [4.78, 5) is 0. The Kier molecular flexibility index (Phi) is 11.0. The first kappa shape index (κ1) is 24.9. The Morgan fingerprint density at radius 1 is 0.452 bits per heavy atom. The molecule has 3 aromatic carbocycles. The van der Waals surface area contributed by atoms with Crippen molar-refractivity contribution in [2.75, 3.05) is 21.3 Å². The van der Waals surface area contributed by atoms with Crippen LogP contribution in [0.1, 0.15) is 0 Å². The van der Waals surface area contributed by atoms with E-state index < -0.39 is 40.3 Å². The second-order valence-electron chi connectivity index (χ2n) is 5.93. The van der Waals surface area contributed by atoms with Gasteiger partial charge >= 0.3 is 15.1 Å². The van der Waals surface area contributed by atoms with Gasteiger partial charge in [-0.3, -0.25) is 0 Å². The maximum Gasteiger partial charge on any atom is 0.920 e. The topological polar surface area (TPSA) is 55.4 Å². The van der Waals surface area contributed by atoms with Gasteiger partial charge in [0.1, 0.15) is 0 Å². The predicted molar refractivity (Wildman–Crippen MR) is 129 cm³/mol. The highest BCUT2D eigenvalue weighted by molar-refractivity contribution is 7.60. The fourth-order valence-corrected chi connectivity index (χ4v) is 10.3. The molecule has 0 aromatic heterocycles. The second kappa shape index (κ2) is 13.7. The van der Waals surface area contributed by atoms with Crippen LogP contribution in [-0.4, -0.2) is 36.5 Å². The molecule has 0 heterocycles. The third kappa shape index (κ3) is 7.66. The van der Waals surface area contributed by atoms with Crippen LogP contribution in [0.5, 0.6) is 0 Å². The van der Waals surface area contributed by atoms with Gasteiger partial charge in [-0.2, -0.15) is 0 Å². The second-order valence-corrected chi connectivity index (χ2v) is 13.2. The van der Waals surface area contributed by atoms with Crippen LogP contribution in [0.15, 0.2) is 91.0 Å². The van der Waals surface area contributed by atoms with Gasteiger partial charge in [-0.25, -0.2) is 0 Å². The van der Waals surface area contributed by atoms with Gasteiger partial charge in [-0.05, 0) is 0 Å². The van der Waals surface area contributed by atoms with Crippen molar-refractivity contribution in [1.82, 2.24) is 0 Å². The van der Waals surface area contributed by atoms with Crippen molar-refractivity contribution in [1.29, 1.82) is 0 Å². The van der Waals surface area contributed by atoms with Crippen molar-refractivity contribution >= 4 is 56.2 Å². The van der Waals surface area contributed by atoms with E-state index in [0.29, 0.717) is 0 Å². The summed E-state index contributed by atoms with van der Waals surface area (Å²) in [6.07, 6.45) is 0. The van der Waals surface area contributed by atoms with Crippen LogP contribution >= 0.6 is 25.1 Å². The third-order valence-corrected chi connectivity index (χ3v) is 11.5. The average molecular weight is 492 g/mol. The largest absolute Gasteiger partial charge is 0.920 e. The normalized spacial score (nSPS) is 14.0. The zero-order valence-corrected chi connectivity index (χ0v) is 21.4. The Morgan fingerprint density at radius 3 is 0.935 bits per heavy atom. The Labute approximate surface area is 192 Å². The zero-order chi connectivity index (χ0) is 21.9. The summed E-state index contributed by atoms with van der Waals surface area (Å²) in [5.41, 5.74) is 0. The molecule has 0 radical (unpaired) electrons. The van der Waals surface area contributed by atoms with Gasteiger partial charge < -0.3 is 24.3 Å². The van der Waals surface area contributed by atoms with Gasteiger partial charge in [-0.1, -0.05) is 91.0 Å². The standard InChI is InChI=1S/3C7H8O2P.Al/c3*1-9-10(8)7-5-3-2-4-6-7;/h3*2-6H,1H3;/q3*-1;+3. The molecule has 0 aliphatic heterocycles. The minimum absolute atomic E-state index is 0.938. The number of rotatable bonds is 12. The number of hydrogen-bond acceptors (Lipinski definition) is 6. The first-order valence-corrected chi connectivity index (χ1v) is 14.4. The lowest BCUT2D eigenvalue weighted by molar-refractivity contribution is 0.280. The summed E-state index contributed by atoms with van der Waals surface area (Å²) in [5.74, 6) is 0. The molecule has 0 aliphatic rings. The maximum atomic E-state index is 6.30. The van der Waals surface area contributed by atoms with E-state index in [1.165, 1.54) is 0 Å². The minimum atomic E-state index is -2.76. The molecule has 3 unspecified atom stereocenters. The first-order chi connectivity index (χ1) is 15.2. The predicted octanol–water partition coefficient (Wildman–Crippen LogP) is 4.87. The van der Waals surface area contributed by atoms with E-state index in [4.69, 9.17) is 24.3 Å². The molecule has 162 valence electrons. The van der Waals surface area contributed by atoms with E-state index in [-0.39, 0.29) is 0 Å². The lowest BCUT2D eigenvalue weighted by Gasteiger charge is -2.25. The van der Waals surface area contributed by atoms with Gasteiger partial charge in [-0.15, -0.1) is 0 Å². The van der Waals surface area contributed by atoms with E-state index in [2.05, 4.69) is 0 Å². The van der Waals surface area contributed by atoms with Crippen molar-refractivity contribution < 1.29 is 24.3 Å². The summed E-state index contributed by atoms with van der Waals surface area (Å²) in [5, 5.41) is 2.81. The molecule has 0 N–H and O–H groups in total. The fraction of sp³-hybridized carbons (Fsp3) is 0.143. The van der Waals surface area contributed by atoms with Crippen molar-refractivity contribution in [3.63, 3.8) is 0 Å². The monoisotopic (exact) mass is 492 g/mol. The molecule has 0 saturated carbocycles. The molecular formula is C21H24AlO6P3. The van der Waals surface area contributed by atoms with E-state index in [1.54, 1.807) is 21.3 Å². The molecule has 0 fully saturated rings. The lowest BCUT2D eigenvalue weighted by atomic mass is 10.4. The fourth-order valence-electron chi connectivity index (χ4n) is 2.57. The lowest BCUT2D eigenvalue weighted by Crippen LogP contribution is -2.27. The van der Waals surface area contributed by atoms with Crippen LogP contribution in [0.25, 0.3) is 0 Å². The highest BCUT2D eigenvalue weighted by atomic mass is 31.2. The minimum Gasteiger partial charge on any atom is -0.407 e. The highest BCUT2D eigenvalue weighted by Crippen LogP contribution is 2.47. The first-order valence-electron chi connectivity index (χ1n) is 9.43. The molecule has 3 aromatic rings. The number of benzene rings is 3. The van der Waals surface area contributed by atoms with Crippen LogP contribution < -0.4 is 15.9 Å². The summed E-state index contributed by atoms with van der Waals surface area (Å²) in [7, 11) is 0.724. The van der Waals surface area contributed by atoms with Gasteiger partial charge in [0.05, 0.1) is 0 Å². The smallest absolute Gasteiger partial charge is 0.407 e. The van der Waals surface area contributed by atoms with E-state index in [9.17, 15) is 0 Å². The van der Waals surface area contributed by atoms with Gasteiger partial charge in [0.2, 0.25) is 0 Å². The summed E-state index contributed by atoms with van der Waals surface area (Å²) >= 11 is -2.76. The highest BCUT2D eigenvalue weighted by Gasteiger charge is 2.42. The van der Waals surface area contributed by atoms with Crippen LogP contribution in [0.3, 0.4) is 0 Å². The quantitative estimate of drug-likeness (QED) is 0.266. The molecule has 6 nitrogen and oxygen atoms in total. The molecule has 0 amide bonds. The molecular weight excluding hydrogens is 468 g/mol. The van der Waals surface area contributed by atoms with Gasteiger partial charge in [0.25, 0.3) is 0 Å². The SMILES string of the molecule is COP([O][Al]([O]P(OC)c1ccccc1)[O]P(OC)c1ccccc1)c1ccccc1. The summed E-state index contributed by atoms with van der Waals surface area (Å²) in [6.45, 7) is 0. The van der Waals surface area contributed by atoms with Crippen LogP contribution in [0, 0.1) is 0 Å². The van der Waals surface area contributed by atoms with Crippen molar-refractivity contribution in [2.24, 2.45) is 0 Å². The van der Waals surface area contributed by atoms with Crippen molar-refractivity contribution in [3.05, 3.63) is 91.0 Å². The van der Waals surface area contributed by atoms with Crippen LogP contribution in [0.4, 0.5) is 0 Å². The Bertz CT molecular complexity index is 760. The maximum absolute atomic E-state index is 6.30. The Hall–Kier alpha value is -0.758. The van der Waals surface area contributed by atoms with Crippen molar-refractivity contribution in [3.8, 4) is 0 Å². The van der Waals surface area contributed by atoms with E-state index in [1.807, 2.05) is 91.0 Å². The van der Waals surface area contributed by atoms with Crippen LogP contribution in [0.2, 0.25) is 0 Å². The van der Waals surface area contributed by atoms with Gasteiger partial charge in [0.15, 0.2) is 25.1 Å². The van der Waals surface area contributed by atoms with E-state index >= 15 is 0 Å². The molecule has 3 atom stereocenters. The molecule has 0 aliphatic carbocycles. The summed E-state index contributed by atoms with van der Waals surface area (Å²) in [6, 6.07) is 29.3. The average Bonchev–Trinajstić information content (AvgIpc) is 2.85. The third-order valence-electron chi connectivity index (χ3n) is 3.94. The Balaban J connectivity index is 1.83. The Morgan fingerprint density at radius 2 is 0.710 bits per heavy atom. The molecule has 31 heavy (non-hydrogen) atoms. The van der Waals surface area contributed by atoms with Crippen LogP contribution in [-0.2, 0) is 24.3 Å². The number of hydrogen-bond donors (Lipinski definition) is 0. The molecule has 0 bridgehead atoms. The molecule has 10 heteroatoms. The zero-order valence-electron chi connectivity index (χ0n) is 17.5.